The molecule has 0 aliphatic heterocycles. The molecule has 0 fully saturated rings. The van der Waals surface area contributed by atoms with Gasteiger partial charge in [-0.25, -0.2) is 0 Å². The third-order valence-electron chi connectivity index (χ3n) is 2.57. The Hall–Kier alpha value is -0.540. The van der Waals surface area contributed by atoms with Gasteiger partial charge >= 0.3 is 0 Å². The number of hydrogen-bond acceptors (Lipinski definition) is 7. The summed E-state index contributed by atoms with van der Waals surface area (Å²) in [7, 11) is 0. The number of ether oxygens (including phenoxy) is 6. The smallest absolute Gasteiger partial charge is 0.0784 e. The van der Waals surface area contributed by atoms with E-state index in [2.05, 4.69) is 6.58 Å². The first-order valence-corrected chi connectivity index (χ1v) is 8.03. The molecular formula is C16H32O7. The Bertz CT molecular complexity index is 238. The van der Waals surface area contributed by atoms with Gasteiger partial charge in [0, 0.05) is 0 Å². The van der Waals surface area contributed by atoms with Crippen LogP contribution in [0.1, 0.15) is 6.92 Å². The number of aliphatic hydroxyl groups is 1. The Kier molecular flexibility index (Phi) is 19.0. The Balaban J connectivity index is 3.03. The number of hydrogen-bond donors (Lipinski definition) is 1. The van der Waals surface area contributed by atoms with E-state index in [1.165, 1.54) is 0 Å². The highest BCUT2D eigenvalue weighted by Crippen LogP contribution is 1.92. The van der Waals surface area contributed by atoms with E-state index in [1.54, 1.807) is 6.08 Å². The monoisotopic (exact) mass is 336 g/mol. The molecule has 0 saturated heterocycles. The Morgan fingerprint density at radius 1 is 0.783 bits per heavy atom. The van der Waals surface area contributed by atoms with Crippen molar-refractivity contribution < 1.29 is 33.5 Å². The maximum atomic E-state index is 8.50. The Morgan fingerprint density at radius 2 is 1.22 bits per heavy atom. The molecule has 0 radical (unpaired) electrons. The van der Waals surface area contributed by atoms with Gasteiger partial charge in [-0.05, 0) is 6.92 Å². The van der Waals surface area contributed by atoms with Crippen molar-refractivity contribution in [3.05, 3.63) is 12.7 Å². The van der Waals surface area contributed by atoms with Gasteiger partial charge in [0.2, 0.25) is 0 Å². The fraction of sp³-hybridized carbons (Fsp3) is 0.875. The van der Waals surface area contributed by atoms with Crippen molar-refractivity contribution in [2.24, 2.45) is 0 Å². The van der Waals surface area contributed by atoms with E-state index < -0.39 is 0 Å². The summed E-state index contributed by atoms with van der Waals surface area (Å²) in [5.41, 5.74) is 0. The van der Waals surface area contributed by atoms with Gasteiger partial charge in [0.15, 0.2) is 0 Å². The van der Waals surface area contributed by atoms with Gasteiger partial charge in [0.25, 0.3) is 0 Å². The lowest BCUT2D eigenvalue weighted by Gasteiger charge is -2.12. The molecular weight excluding hydrogens is 304 g/mol. The van der Waals surface area contributed by atoms with Crippen LogP contribution in [-0.2, 0) is 28.4 Å². The van der Waals surface area contributed by atoms with Gasteiger partial charge in [-0.2, -0.15) is 0 Å². The molecule has 0 amide bonds. The molecule has 1 N–H and O–H groups in total. The second-order valence-corrected chi connectivity index (χ2v) is 4.68. The zero-order valence-electron chi connectivity index (χ0n) is 14.2. The first-order valence-electron chi connectivity index (χ1n) is 8.03. The molecule has 0 bridgehead atoms. The fourth-order valence-corrected chi connectivity index (χ4v) is 1.47. The lowest BCUT2D eigenvalue weighted by molar-refractivity contribution is -0.0296. The van der Waals surface area contributed by atoms with Crippen molar-refractivity contribution in [3.8, 4) is 0 Å². The second kappa shape index (κ2) is 19.5. The topological polar surface area (TPSA) is 75.6 Å². The van der Waals surface area contributed by atoms with Crippen LogP contribution < -0.4 is 0 Å². The second-order valence-electron chi connectivity index (χ2n) is 4.68. The number of aliphatic hydroxyl groups excluding tert-OH is 1. The van der Waals surface area contributed by atoms with Gasteiger partial charge in [-0.15, -0.1) is 6.58 Å². The molecule has 7 heteroatoms. The standard InChI is InChI=1S/C16H32O7/c1-3-5-23-16(2)15-22-14-13-21-12-11-20-10-9-19-8-7-18-6-4-17/h3,16-17H,1,4-15H2,2H3. The third-order valence-corrected chi connectivity index (χ3v) is 2.57. The largest absolute Gasteiger partial charge is 0.394 e. The van der Waals surface area contributed by atoms with E-state index in [0.717, 1.165) is 0 Å². The summed E-state index contributed by atoms with van der Waals surface area (Å²) < 4.78 is 31.9. The first-order chi connectivity index (χ1) is 11.3. The SMILES string of the molecule is C=CCOC(C)COCCOCCOCCOCCOCCO. The zero-order valence-corrected chi connectivity index (χ0v) is 14.2. The van der Waals surface area contributed by atoms with E-state index in [-0.39, 0.29) is 12.7 Å². The number of rotatable bonds is 19. The van der Waals surface area contributed by atoms with Crippen molar-refractivity contribution in [2.45, 2.75) is 13.0 Å². The van der Waals surface area contributed by atoms with Gasteiger partial charge in [-0.1, -0.05) is 6.08 Å². The quantitative estimate of drug-likeness (QED) is 0.274. The molecule has 0 aromatic carbocycles. The summed E-state index contributed by atoms with van der Waals surface area (Å²) in [5, 5.41) is 8.50. The molecule has 0 aromatic heterocycles. The summed E-state index contributed by atoms with van der Waals surface area (Å²) >= 11 is 0. The van der Waals surface area contributed by atoms with Crippen molar-refractivity contribution in [1.29, 1.82) is 0 Å². The average Bonchev–Trinajstić information content (AvgIpc) is 2.56. The summed E-state index contributed by atoms with van der Waals surface area (Å²) in [6.45, 7) is 11.2. The zero-order chi connectivity index (χ0) is 17.0. The van der Waals surface area contributed by atoms with E-state index in [1.807, 2.05) is 6.92 Å². The highest BCUT2D eigenvalue weighted by molar-refractivity contribution is 4.65. The van der Waals surface area contributed by atoms with Crippen molar-refractivity contribution in [3.63, 3.8) is 0 Å². The van der Waals surface area contributed by atoms with Crippen LogP contribution in [0, 0.1) is 0 Å². The minimum Gasteiger partial charge on any atom is -0.394 e. The highest BCUT2D eigenvalue weighted by Gasteiger charge is 2.00. The van der Waals surface area contributed by atoms with Crippen LogP contribution in [0.25, 0.3) is 0 Å². The minimum atomic E-state index is 0.0380. The van der Waals surface area contributed by atoms with Crippen LogP contribution in [0.2, 0.25) is 0 Å². The van der Waals surface area contributed by atoms with Crippen molar-refractivity contribution >= 4 is 0 Å². The van der Waals surface area contributed by atoms with E-state index in [4.69, 9.17) is 33.5 Å². The van der Waals surface area contributed by atoms with E-state index >= 15 is 0 Å². The van der Waals surface area contributed by atoms with Crippen LogP contribution in [0.15, 0.2) is 12.7 Å². The van der Waals surface area contributed by atoms with Gasteiger partial charge in [-0.3, -0.25) is 0 Å². The lowest BCUT2D eigenvalue weighted by atomic mass is 10.4. The normalized spacial score (nSPS) is 12.4. The lowest BCUT2D eigenvalue weighted by Crippen LogP contribution is -2.18. The van der Waals surface area contributed by atoms with Gasteiger partial charge < -0.3 is 33.5 Å². The fourth-order valence-electron chi connectivity index (χ4n) is 1.47. The van der Waals surface area contributed by atoms with Crippen LogP contribution in [0.3, 0.4) is 0 Å². The van der Waals surface area contributed by atoms with Crippen LogP contribution in [-0.4, -0.2) is 90.5 Å². The predicted octanol–water partition coefficient (Wildman–Crippen LogP) is 0.653. The van der Waals surface area contributed by atoms with E-state index in [9.17, 15) is 0 Å². The van der Waals surface area contributed by atoms with Crippen molar-refractivity contribution in [2.75, 3.05) is 79.3 Å². The molecule has 7 nitrogen and oxygen atoms in total. The van der Waals surface area contributed by atoms with Gasteiger partial charge in [0.05, 0.1) is 85.4 Å². The minimum absolute atomic E-state index is 0.0380. The summed E-state index contributed by atoms with van der Waals surface area (Å²) in [6, 6.07) is 0. The molecule has 0 aliphatic carbocycles. The summed E-state index contributed by atoms with van der Waals surface area (Å²) in [4.78, 5) is 0. The molecule has 23 heavy (non-hydrogen) atoms. The van der Waals surface area contributed by atoms with Gasteiger partial charge in [0.1, 0.15) is 0 Å². The Labute approximate surface area is 139 Å². The molecule has 138 valence electrons. The Morgan fingerprint density at radius 3 is 1.65 bits per heavy atom. The first kappa shape index (κ1) is 22.5. The molecule has 1 unspecified atom stereocenters. The maximum Gasteiger partial charge on any atom is 0.0784 e. The summed E-state index contributed by atoms with van der Waals surface area (Å²) in [5.74, 6) is 0. The third kappa shape index (κ3) is 19.4. The average molecular weight is 336 g/mol. The highest BCUT2D eigenvalue weighted by atomic mass is 16.6. The molecule has 0 aromatic rings. The molecule has 0 heterocycles. The maximum absolute atomic E-state index is 8.50. The van der Waals surface area contributed by atoms with E-state index in [0.29, 0.717) is 72.7 Å². The van der Waals surface area contributed by atoms with Crippen LogP contribution in [0.5, 0.6) is 0 Å². The van der Waals surface area contributed by atoms with Crippen LogP contribution in [0.4, 0.5) is 0 Å². The van der Waals surface area contributed by atoms with Crippen LogP contribution >= 0.6 is 0 Å². The molecule has 1 atom stereocenters. The molecule has 0 spiro atoms. The molecule has 0 saturated carbocycles. The molecule has 0 aliphatic rings. The van der Waals surface area contributed by atoms with Crippen molar-refractivity contribution in [1.82, 2.24) is 0 Å². The predicted molar refractivity (Wildman–Crippen MR) is 86.8 cm³/mol. The molecule has 0 rings (SSSR count). The summed E-state index contributed by atoms with van der Waals surface area (Å²) in [6.07, 6.45) is 1.78.